The molecule has 0 saturated carbocycles. The van der Waals surface area contributed by atoms with Crippen molar-refractivity contribution in [1.29, 1.82) is 0 Å². The van der Waals surface area contributed by atoms with E-state index in [1.807, 2.05) is 13.0 Å². The molecule has 4 rings (SSSR count). The molecule has 4 aromatic rings. The molecule has 174 valence electrons. The summed E-state index contributed by atoms with van der Waals surface area (Å²) in [4.78, 5) is 31.5. The molecule has 7 nitrogen and oxygen atoms in total. The maximum Gasteiger partial charge on any atom is 0.265 e. The number of halogens is 3. The summed E-state index contributed by atoms with van der Waals surface area (Å²) in [5.74, 6) is -0.329. The van der Waals surface area contributed by atoms with Crippen LogP contribution in [0.3, 0.4) is 0 Å². The second-order valence-electron chi connectivity index (χ2n) is 7.85. The van der Waals surface area contributed by atoms with Crippen LogP contribution in [0.25, 0.3) is 10.9 Å². The summed E-state index contributed by atoms with van der Waals surface area (Å²) >= 11 is 0. The van der Waals surface area contributed by atoms with Crippen molar-refractivity contribution in [3.63, 3.8) is 0 Å². The lowest BCUT2D eigenvalue weighted by Crippen LogP contribution is -2.34. The molecule has 0 radical (unpaired) electrons. The van der Waals surface area contributed by atoms with Crippen LogP contribution in [0.4, 0.5) is 19.0 Å². The number of nitrogens with two attached hydrogens (primary N) is 1. The van der Waals surface area contributed by atoms with E-state index < -0.39 is 18.3 Å². The summed E-state index contributed by atoms with van der Waals surface area (Å²) in [6.45, 7) is 3.53. The van der Waals surface area contributed by atoms with Crippen LogP contribution in [-0.4, -0.2) is 30.7 Å². The van der Waals surface area contributed by atoms with Crippen LogP contribution >= 0.6 is 0 Å². The first-order valence-corrected chi connectivity index (χ1v) is 10.4. The summed E-state index contributed by atoms with van der Waals surface area (Å²) in [6.07, 6.45) is 0.476. The molecule has 3 heterocycles. The van der Waals surface area contributed by atoms with Gasteiger partial charge in [0.1, 0.15) is 5.82 Å². The van der Waals surface area contributed by atoms with Crippen molar-refractivity contribution in [1.82, 2.24) is 24.8 Å². The van der Waals surface area contributed by atoms with Crippen LogP contribution in [0, 0.1) is 12.7 Å². The van der Waals surface area contributed by atoms with Gasteiger partial charge >= 0.3 is 0 Å². The molecule has 0 bridgehead atoms. The Bertz CT molecular complexity index is 1330. The molecule has 0 aliphatic heterocycles. The topological polar surface area (TPSA) is 97.9 Å². The van der Waals surface area contributed by atoms with Gasteiger partial charge in [0.25, 0.3) is 12.3 Å². The average Bonchev–Trinajstić information content (AvgIpc) is 2.83. The Balaban J connectivity index is 1.71. The van der Waals surface area contributed by atoms with Crippen LogP contribution in [-0.2, 0) is 6.54 Å². The fourth-order valence-electron chi connectivity index (χ4n) is 3.49. The van der Waals surface area contributed by atoms with E-state index in [4.69, 9.17) is 5.73 Å². The van der Waals surface area contributed by atoms with Gasteiger partial charge in [-0.2, -0.15) is 0 Å². The SMILES string of the molecule is Cc1cc2cc(C(=O)N(Cc3ccc(C(F)F)cn3)[C@H](C)c3ncc(F)cn3)ccc2nc1N. The number of pyridine rings is 2. The molecule has 0 fully saturated rings. The second-order valence-corrected chi connectivity index (χ2v) is 7.85. The van der Waals surface area contributed by atoms with Crippen LogP contribution < -0.4 is 5.73 Å². The van der Waals surface area contributed by atoms with E-state index in [0.29, 0.717) is 22.6 Å². The van der Waals surface area contributed by atoms with Crippen molar-refractivity contribution in [2.45, 2.75) is 32.9 Å². The number of aryl methyl sites for hydroxylation is 1. The van der Waals surface area contributed by atoms with Crippen LogP contribution in [0.2, 0.25) is 0 Å². The van der Waals surface area contributed by atoms with Crippen molar-refractivity contribution in [3.05, 3.63) is 89.0 Å². The molecular weight excluding hydrogens is 445 g/mol. The zero-order valence-electron chi connectivity index (χ0n) is 18.4. The summed E-state index contributed by atoms with van der Waals surface area (Å²) in [5.41, 5.74) is 7.87. The Morgan fingerprint density at radius 3 is 2.44 bits per heavy atom. The highest BCUT2D eigenvalue weighted by atomic mass is 19.3. The van der Waals surface area contributed by atoms with Crippen LogP contribution in [0.1, 0.15) is 52.4 Å². The molecular formula is C24H21F3N6O. The molecule has 1 aromatic carbocycles. The first-order valence-electron chi connectivity index (χ1n) is 10.4. The Morgan fingerprint density at radius 2 is 1.79 bits per heavy atom. The Hall–Kier alpha value is -4.08. The van der Waals surface area contributed by atoms with Gasteiger partial charge in [0.15, 0.2) is 11.6 Å². The predicted molar refractivity (Wildman–Crippen MR) is 120 cm³/mol. The highest BCUT2D eigenvalue weighted by Crippen LogP contribution is 2.25. The molecule has 3 aromatic heterocycles. The number of anilines is 1. The van der Waals surface area contributed by atoms with Gasteiger partial charge in [-0.15, -0.1) is 0 Å². The van der Waals surface area contributed by atoms with Crippen molar-refractivity contribution in [3.8, 4) is 0 Å². The maximum absolute atomic E-state index is 13.6. The number of hydrogen-bond donors (Lipinski definition) is 1. The van der Waals surface area contributed by atoms with Gasteiger partial charge in [-0.1, -0.05) is 0 Å². The van der Waals surface area contributed by atoms with Crippen LogP contribution in [0.5, 0.6) is 0 Å². The quantitative estimate of drug-likeness (QED) is 0.439. The maximum atomic E-state index is 13.6. The first-order chi connectivity index (χ1) is 16.2. The van der Waals surface area contributed by atoms with E-state index in [-0.39, 0.29) is 23.8 Å². The molecule has 34 heavy (non-hydrogen) atoms. The highest BCUT2D eigenvalue weighted by molar-refractivity contribution is 5.98. The molecule has 0 aliphatic rings. The van der Waals surface area contributed by atoms with E-state index >= 15 is 0 Å². The number of carbonyl (C=O) groups excluding carboxylic acids is 1. The van der Waals surface area contributed by atoms with Gasteiger partial charge in [0, 0.05) is 22.7 Å². The number of benzene rings is 1. The minimum absolute atomic E-state index is 0.00130. The average molecular weight is 466 g/mol. The monoisotopic (exact) mass is 466 g/mol. The normalized spacial score (nSPS) is 12.2. The Labute approximate surface area is 193 Å². The minimum Gasteiger partial charge on any atom is -0.383 e. The molecule has 0 spiro atoms. The number of rotatable bonds is 6. The van der Waals surface area contributed by atoms with Crippen molar-refractivity contribution >= 4 is 22.6 Å². The summed E-state index contributed by atoms with van der Waals surface area (Å²) in [5, 5.41) is 0.739. The lowest BCUT2D eigenvalue weighted by Gasteiger charge is -2.28. The van der Waals surface area contributed by atoms with Crippen LogP contribution in [0.15, 0.2) is 55.0 Å². The Morgan fingerprint density at radius 1 is 1.06 bits per heavy atom. The fourth-order valence-corrected chi connectivity index (χ4v) is 3.49. The largest absolute Gasteiger partial charge is 0.383 e. The smallest absolute Gasteiger partial charge is 0.265 e. The number of carbonyl (C=O) groups is 1. The second kappa shape index (κ2) is 9.42. The third-order valence-corrected chi connectivity index (χ3v) is 5.47. The van der Waals surface area contributed by atoms with E-state index in [1.54, 1.807) is 25.1 Å². The lowest BCUT2D eigenvalue weighted by molar-refractivity contribution is 0.0663. The summed E-state index contributed by atoms with van der Waals surface area (Å²) in [6, 6.07) is 8.92. The van der Waals surface area contributed by atoms with E-state index in [2.05, 4.69) is 19.9 Å². The van der Waals surface area contributed by atoms with E-state index in [0.717, 1.165) is 29.5 Å². The third-order valence-electron chi connectivity index (χ3n) is 5.47. The number of nitrogens with zero attached hydrogens (tertiary/aromatic N) is 5. The van der Waals surface area contributed by atoms with Crippen molar-refractivity contribution < 1.29 is 18.0 Å². The fraction of sp³-hybridized carbons (Fsp3) is 0.208. The zero-order chi connectivity index (χ0) is 24.4. The standard InChI is InChI=1S/C24H21F3N6O/c1-13-7-17-8-15(4-6-20(17)32-22(13)28)24(34)33(14(2)23-30-10-18(25)11-31-23)12-19-5-3-16(9-29-19)21(26)27/h3-11,14,21H,12H2,1-2H3,(H2,28,32)/t14-/m1/s1. The van der Waals surface area contributed by atoms with E-state index in [1.165, 1.54) is 17.0 Å². The van der Waals surface area contributed by atoms with Gasteiger partial charge in [-0.05, 0) is 55.8 Å². The zero-order valence-corrected chi connectivity index (χ0v) is 18.4. The molecule has 0 aliphatic carbocycles. The molecule has 10 heteroatoms. The highest BCUT2D eigenvalue weighted by Gasteiger charge is 2.26. The number of hydrogen-bond acceptors (Lipinski definition) is 6. The van der Waals surface area contributed by atoms with Gasteiger partial charge in [-0.25, -0.2) is 28.1 Å². The van der Waals surface area contributed by atoms with Gasteiger partial charge in [-0.3, -0.25) is 9.78 Å². The Kier molecular flexibility index (Phi) is 6.40. The predicted octanol–water partition coefficient (Wildman–Crippen LogP) is 4.79. The molecule has 1 atom stereocenters. The molecule has 0 unspecified atom stereocenters. The number of aromatic nitrogens is 4. The van der Waals surface area contributed by atoms with Gasteiger partial charge in [0.2, 0.25) is 0 Å². The molecule has 1 amide bonds. The third kappa shape index (κ3) is 4.80. The summed E-state index contributed by atoms with van der Waals surface area (Å²) in [7, 11) is 0. The van der Waals surface area contributed by atoms with E-state index in [9.17, 15) is 18.0 Å². The summed E-state index contributed by atoms with van der Waals surface area (Å²) < 4.78 is 39.2. The number of fused-ring (bicyclic) bond motifs is 1. The lowest BCUT2D eigenvalue weighted by atomic mass is 10.1. The number of amides is 1. The van der Waals surface area contributed by atoms with Crippen molar-refractivity contribution in [2.24, 2.45) is 0 Å². The minimum atomic E-state index is -2.64. The van der Waals surface area contributed by atoms with Gasteiger partial charge in [0.05, 0.1) is 36.2 Å². The van der Waals surface area contributed by atoms with Crippen molar-refractivity contribution in [2.75, 3.05) is 5.73 Å². The van der Waals surface area contributed by atoms with Gasteiger partial charge < -0.3 is 10.6 Å². The molecule has 2 N–H and O–H groups in total. The number of alkyl halides is 2. The first kappa shape index (κ1) is 23.1. The molecule has 0 saturated heterocycles. The number of nitrogen functional groups attached to an aromatic ring is 1.